The molecule has 204 valence electrons. The lowest BCUT2D eigenvalue weighted by atomic mass is 9.84. The Kier molecular flexibility index (Phi) is 11.1. The molecule has 0 bridgehead atoms. The van der Waals surface area contributed by atoms with Crippen LogP contribution in [0.25, 0.3) is 0 Å². The molecule has 1 saturated carbocycles. The van der Waals surface area contributed by atoms with Gasteiger partial charge in [0.15, 0.2) is 0 Å². The van der Waals surface area contributed by atoms with Gasteiger partial charge in [-0.05, 0) is 52.9 Å². The van der Waals surface area contributed by atoms with E-state index >= 15 is 0 Å². The van der Waals surface area contributed by atoms with Gasteiger partial charge in [-0.25, -0.2) is 4.79 Å². The molecule has 4 amide bonds. The summed E-state index contributed by atoms with van der Waals surface area (Å²) in [6.45, 7) is 7.51. The van der Waals surface area contributed by atoms with Crippen LogP contribution in [0.15, 0.2) is 0 Å². The summed E-state index contributed by atoms with van der Waals surface area (Å²) in [5.74, 6) is -1.48. The van der Waals surface area contributed by atoms with Crippen LogP contribution < -0.4 is 21.3 Å². The van der Waals surface area contributed by atoms with Gasteiger partial charge in [-0.2, -0.15) is 0 Å². The second-order valence-corrected chi connectivity index (χ2v) is 10.9. The van der Waals surface area contributed by atoms with Crippen molar-refractivity contribution in [1.29, 1.82) is 0 Å². The highest BCUT2D eigenvalue weighted by molar-refractivity contribution is 5.92. The van der Waals surface area contributed by atoms with Gasteiger partial charge in [0.25, 0.3) is 0 Å². The molecule has 0 unspecified atom stereocenters. The monoisotopic (exact) mass is 510 g/mol. The molecule has 1 aliphatic carbocycles. The van der Waals surface area contributed by atoms with E-state index in [0.717, 1.165) is 32.1 Å². The molecular weight excluding hydrogens is 468 g/mol. The molecule has 0 aromatic carbocycles. The van der Waals surface area contributed by atoms with Crippen LogP contribution in [0.2, 0.25) is 0 Å². The normalized spacial score (nSPS) is 22.0. The fourth-order valence-corrected chi connectivity index (χ4v) is 5.01. The Morgan fingerprint density at radius 3 is 2.25 bits per heavy atom. The lowest BCUT2D eigenvalue weighted by Crippen LogP contribution is -2.59. The van der Waals surface area contributed by atoms with E-state index in [-0.39, 0.29) is 24.2 Å². The molecular formula is C25H42N4O7. The number of carbonyl (C=O) groups excluding carboxylic acids is 4. The lowest BCUT2D eigenvalue weighted by molar-refractivity contribution is -0.136. The predicted molar refractivity (Wildman–Crippen MR) is 132 cm³/mol. The Morgan fingerprint density at radius 1 is 1.06 bits per heavy atom. The van der Waals surface area contributed by atoms with Crippen LogP contribution in [0.1, 0.15) is 79.1 Å². The molecule has 0 radical (unpaired) electrons. The first-order chi connectivity index (χ1) is 16.9. The molecule has 1 saturated heterocycles. The van der Waals surface area contributed by atoms with Gasteiger partial charge in [0.2, 0.25) is 17.7 Å². The van der Waals surface area contributed by atoms with E-state index in [9.17, 15) is 29.1 Å². The molecule has 5 N–H and O–H groups in total. The fourth-order valence-electron chi connectivity index (χ4n) is 5.01. The van der Waals surface area contributed by atoms with Gasteiger partial charge in [0.1, 0.15) is 18.4 Å². The molecule has 2 fully saturated rings. The third kappa shape index (κ3) is 9.75. The maximum atomic E-state index is 13.3. The summed E-state index contributed by atoms with van der Waals surface area (Å²) in [5, 5.41) is 19.6. The topological polar surface area (TPSA) is 163 Å². The van der Waals surface area contributed by atoms with Gasteiger partial charge >= 0.3 is 6.09 Å². The van der Waals surface area contributed by atoms with Crippen LogP contribution in [-0.4, -0.2) is 71.6 Å². The highest BCUT2D eigenvalue weighted by Gasteiger charge is 2.35. The van der Waals surface area contributed by atoms with Gasteiger partial charge in [-0.15, -0.1) is 0 Å². The lowest BCUT2D eigenvalue weighted by Gasteiger charge is -2.32. The third-order valence-corrected chi connectivity index (χ3v) is 6.69. The second kappa shape index (κ2) is 13.6. The van der Waals surface area contributed by atoms with Gasteiger partial charge < -0.3 is 35.9 Å². The van der Waals surface area contributed by atoms with Gasteiger partial charge in [-0.1, -0.05) is 32.1 Å². The van der Waals surface area contributed by atoms with E-state index < -0.39 is 47.7 Å². The minimum absolute atomic E-state index is 0.140. The molecule has 11 heteroatoms. The maximum absolute atomic E-state index is 13.3. The molecule has 0 aromatic rings. The summed E-state index contributed by atoms with van der Waals surface area (Å²) in [6, 6.07) is -3.07. The maximum Gasteiger partial charge on any atom is 0.405 e. The van der Waals surface area contributed by atoms with Crippen LogP contribution in [0.3, 0.4) is 0 Å². The predicted octanol–water partition coefficient (Wildman–Crippen LogP) is 1.49. The minimum Gasteiger partial charge on any atom is -0.465 e. The molecule has 36 heavy (non-hydrogen) atoms. The standard InChI is InChI=1S/C25H42N4O7/c1-15(36-25(2,3)4)20(29-24(34)35)23(33)28-19(12-16-8-6-5-7-9-16)22(32)27-18(14-30)13-17-10-11-26-21(17)31/h14-20,29H,5-13H2,1-4H3,(H,26,31)(H,27,32)(H,28,33)(H,34,35)/t15-,17+,18+,19+,20+/m1/s1. The summed E-state index contributed by atoms with van der Waals surface area (Å²) < 4.78 is 5.81. The Bertz CT molecular complexity index is 792. The van der Waals surface area contributed by atoms with Gasteiger partial charge in [-0.3, -0.25) is 14.4 Å². The summed E-state index contributed by atoms with van der Waals surface area (Å²) in [7, 11) is 0. The molecule has 2 aliphatic rings. The molecule has 0 spiro atoms. The number of carboxylic acid groups (broad SMARTS) is 1. The number of nitrogens with one attached hydrogen (secondary N) is 4. The van der Waals surface area contributed by atoms with Crippen molar-refractivity contribution in [1.82, 2.24) is 21.3 Å². The zero-order chi connectivity index (χ0) is 26.9. The van der Waals surface area contributed by atoms with E-state index in [4.69, 9.17) is 4.74 Å². The summed E-state index contributed by atoms with van der Waals surface area (Å²) in [4.78, 5) is 61.5. The van der Waals surface area contributed by atoms with Crippen molar-refractivity contribution >= 4 is 30.1 Å². The van der Waals surface area contributed by atoms with Crippen LogP contribution in [0.4, 0.5) is 4.79 Å². The fraction of sp³-hybridized carbons (Fsp3) is 0.800. The zero-order valence-corrected chi connectivity index (χ0v) is 21.8. The largest absolute Gasteiger partial charge is 0.465 e. The Hall–Kier alpha value is -2.69. The van der Waals surface area contributed by atoms with Crippen molar-refractivity contribution in [2.75, 3.05) is 6.54 Å². The van der Waals surface area contributed by atoms with Crippen molar-refractivity contribution in [3.63, 3.8) is 0 Å². The van der Waals surface area contributed by atoms with E-state index in [0.29, 0.717) is 25.7 Å². The second-order valence-electron chi connectivity index (χ2n) is 10.9. The Balaban J connectivity index is 2.15. The SMILES string of the molecule is C[C@@H](OC(C)(C)C)[C@H](NC(=O)O)C(=O)N[C@@H](CC1CCCCC1)C(=O)N[C@H](C=O)C[C@@H]1CCNC1=O. The average molecular weight is 511 g/mol. The first kappa shape index (κ1) is 29.5. The first-order valence-corrected chi connectivity index (χ1v) is 12.9. The zero-order valence-electron chi connectivity index (χ0n) is 21.8. The highest BCUT2D eigenvalue weighted by atomic mass is 16.5. The average Bonchev–Trinajstić information content (AvgIpc) is 3.19. The van der Waals surface area contributed by atoms with Crippen molar-refractivity contribution in [3.05, 3.63) is 0 Å². The van der Waals surface area contributed by atoms with Crippen LogP contribution in [-0.2, 0) is 23.9 Å². The smallest absolute Gasteiger partial charge is 0.405 e. The quantitative estimate of drug-likeness (QED) is 0.248. The van der Waals surface area contributed by atoms with Gasteiger partial charge in [0, 0.05) is 12.5 Å². The van der Waals surface area contributed by atoms with E-state index in [1.807, 2.05) is 0 Å². The molecule has 2 rings (SSSR count). The number of ether oxygens (including phenoxy) is 1. The third-order valence-electron chi connectivity index (χ3n) is 6.69. The molecule has 0 aromatic heterocycles. The van der Waals surface area contributed by atoms with Crippen molar-refractivity contribution in [3.8, 4) is 0 Å². The number of carbonyl (C=O) groups is 5. The summed E-state index contributed by atoms with van der Waals surface area (Å²) in [5.41, 5.74) is -0.624. The molecule has 1 aliphatic heterocycles. The summed E-state index contributed by atoms with van der Waals surface area (Å²) >= 11 is 0. The first-order valence-electron chi connectivity index (χ1n) is 12.9. The van der Waals surface area contributed by atoms with Crippen molar-refractivity contribution in [2.24, 2.45) is 11.8 Å². The minimum atomic E-state index is -1.39. The molecule has 11 nitrogen and oxygen atoms in total. The van der Waals surface area contributed by atoms with E-state index in [1.165, 1.54) is 0 Å². The van der Waals surface area contributed by atoms with Crippen molar-refractivity contribution < 1.29 is 33.8 Å². The van der Waals surface area contributed by atoms with Crippen LogP contribution >= 0.6 is 0 Å². The number of amides is 4. The van der Waals surface area contributed by atoms with Crippen LogP contribution in [0, 0.1) is 11.8 Å². The van der Waals surface area contributed by atoms with Gasteiger partial charge in [0.05, 0.1) is 17.7 Å². The molecule has 1 heterocycles. The molecule has 5 atom stereocenters. The Morgan fingerprint density at radius 2 is 1.72 bits per heavy atom. The van der Waals surface area contributed by atoms with E-state index in [1.54, 1.807) is 27.7 Å². The van der Waals surface area contributed by atoms with Crippen LogP contribution in [0.5, 0.6) is 0 Å². The number of hydrogen-bond acceptors (Lipinski definition) is 6. The summed E-state index contributed by atoms with van der Waals surface area (Å²) in [6.07, 6.45) is 4.65. The number of aldehydes is 1. The highest BCUT2D eigenvalue weighted by Crippen LogP contribution is 2.27. The van der Waals surface area contributed by atoms with Crippen molar-refractivity contribution in [2.45, 2.75) is 109 Å². The van der Waals surface area contributed by atoms with E-state index in [2.05, 4.69) is 21.3 Å². The Labute approximate surface area is 212 Å². The number of rotatable bonds is 12. The number of hydrogen-bond donors (Lipinski definition) is 5.